The first kappa shape index (κ1) is 11.5. The minimum atomic E-state index is 0.357. The Kier molecular flexibility index (Phi) is 2.97. The van der Waals surface area contributed by atoms with Crippen molar-refractivity contribution >= 4 is 13.4 Å². The Bertz CT molecular complexity index is 410. The number of hydrogen-bond acceptors (Lipinski definition) is 0. The van der Waals surface area contributed by atoms with Crippen LogP contribution in [-0.2, 0) is 6.42 Å². The lowest BCUT2D eigenvalue weighted by Crippen LogP contribution is -2.19. The van der Waals surface area contributed by atoms with Crippen LogP contribution >= 0.6 is 0 Å². The molecule has 0 spiro atoms. The second-order valence-electron chi connectivity index (χ2n) is 5.92. The van der Waals surface area contributed by atoms with Gasteiger partial charge in [0.25, 0.3) is 0 Å². The molecule has 1 aromatic carbocycles. The van der Waals surface area contributed by atoms with Crippen molar-refractivity contribution in [1.29, 1.82) is 0 Å². The molecule has 0 saturated heterocycles. The number of hydrogen-bond donors (Lipinski definition) is 0. The van der Waals surface area contributed by atoms with Gasteiger partial charge in [0, 0.05) is 0 Å². The van der Waals surface area contributed by atoms with Crippen molar-refractivity contribution in [2.24, 2.45) is 5.41 Å². The van der Waals surface area contributed by atoms with Gasteiger partial charge in [-0.1, -0.05) is 63.9 Å². The van der Waals surface area contributed by atoms with Crippen molar-refractivity contribution < 1.29 is 0 Å². The Balaban J connectivity index is 2.06. The minimum Gasteiger partial charge on any atom is -0.104 e. The Labute approximate surface area is 100 Å². The van der Waals surface area contributed by atoms with Crippen molar-refractivity contribution in [1.82, 2.24) is 0 Å². The van der Waals surface area contributed by atoms with Gasteiger partial charge in [0.2, 0.25) is 0 Å². The molecule has 0 N–H and O–H groups in total. The number of benzene rings is 1. The lowest BCUT2D eigenvalue weighted by Gasteiger charge is -2.27. The molecule has 16 heavy (non-hydrogen) atoms. The zero-order valence-electron chi connectivity index (χ0n) is 10.7. The van der Waals surface area contributed by atoms with Gasteiger partial charge in [-0.15, -0.1) is 5.47 Å². The lowest BCUT2D eigenvalue weighted by molar-refractivity contribution is 0.395. The molecule has 0 fully saturated rings. The van der Waals surface area contributed by atoms with Crippen LogP contribution in [0.5, 0.6) is 0 Å². The molecule has 0 amide bonds. The predicted octanol–water partition coefficient (Wildman–Crippen LogP) is 4.14. The van der Waals surface area contributed by atoms with E-state index >= 15 is 0 Å². The van der Waals surface area contributed by atoms with Crippen LogP contribution in [0, 0.1) is 5.41 Å². The van der Waals surface area contributed by atoms with E-state index in [1.165, 1.54) is 16.6 Å². The monoisotopic (exact) mass is 211 g/mol. The third-order valence-electron chi connectivity index (χ3n) is 3.62. The van der Waals surface area contributed by atoms with E-state index in [4.69, 9.17) is 0 Å². The van der Waals surface area contributed by atoms with Crippen molar-refractivity contribution in [3.8, 4) is 0 Å². The molecule has 0 aromatic heterocycles. The predicted molar refractivity (Wildman–Crippen MR) is 72.8 cm³/mol. The largest absolute Gasteiger partial charge is 0.150 e. The van der Waals surface area contributed by atoms with Gasteiger partial charge in [-0.25, -0.2) is 0 Å². The van der Waals surface area contributed by atoms with Crippen LogP contribution in [0.2, 0.25) is 5.82 Å². The molecule has 0 saturated carbocycles. The average Bonchev–Trinajstić information content (AvgIpc) is 2.58. The van der Waals surface area contributed by atoms with Gasteiger partial charge in [0.15, 0.2) is 0 Å². The highest BCUT2D eigenvalue weighted by molar-refractivity contribution is 6.49. The average molecular weight is 211 g/mol. The second kappa shape index (κ2) is 4.12. The molecule has 0 bridgehead atoms. The molecule has 1 atom stereocenters. The number of fused-ring (bicyclic) bond motifs is 1. The maximum atomic E-state index is 2.43. The quantitative estimate of drug-likeness (QED) is 0.645. The van der Waals surface area contributed by atoms with Crippen molar-refractivity contribution in [3.63, 3.8) is 0 Å². The van der Waals surface area contributed by atoms with Crippen LogP contribution in [0.3, 0.4) is 0 Å². The molecule has 1 aliphatic rings. The van der Waals surface area contributed by atoms with Gasteiger partial charge in [-0.05, 0) is 23.0 Å². The SMILES string of the molecule is CC([B]C1=Cc2ccccc2C1)C(C)(C)C. The van der Waals surface area contributed by atoms with Gasteiger partial charge in [-0.3, -0.25) is 0 Å². The fourth-order valence-electron chi connectivity index (χ4n) is 1.98. The Morgan fingerprint density at radius 3 is 2.50 bits per heavy atom. The minimum absolute atomic E-state index is 0.357. The summed E-state index contributed by atoms with van der Waals surface area (Å²) in [5, 5.41) is 0. The molecule has 1 aliphatic carbocycles. The summed E-state index contributed by atoms with van der Waals surface area (Å²) < 4.78 is 0. The summed E-state index contributed by atoms with van der Waals surface area (Å²) in [7, 11) is 2.43. The highest BCUT2D eigenvalue weighted by Crippen LogP contribution is 2.34. The van der Waals surface area contributed by atoms with E-state index < -0.39 is 0 Å². The Hall–Kier alpha value is -0.975. The van der Waals surface area contributed by atoms with Gasteiger partial charge < -0.3 is 0 Å². The van der Waals surface area contributed by atoms with Crippen LogP contribution in [0.25, 0.3) is 6.08 Å². The van der Waals surface area contributed by atoms with Crippen LogP contribution in [0.1, 0.15) is 38.8 Å². The molecule has 2 rings (SSSR count). The highest BCUT2D eigenvalue weighted by Gasteiger charge is 2.23. The summed E-state index contributed by atoms with van der Waals surface area (Å²) in [5.74, 6) is 0.619. The van der Waals surface area contributed by atoms with E-state index in [0.717, 1.165) is 6.42 Å². The summed E-state index contributed by atoms with van der Waals surface area (Å²) in [6.45, 7) is 9.22. The van der Waals surface area contributed by atoms with Crippen LogP contribution in [0.4, 0.5) is 0 Å². The first-order chi connectivity index (χ1) is 7.47. The second-order valence-corrected chi connectivity index (χ2v) is 5.92. The summed E-state index contributed by atoms with van der Waals surface area (Å²) >= 11 is 0. The third kappa shape index (κ3) is 2.40. The summed E-state index contributed by atoms with van der Waals surface area (Å²) in [4.78, 5) is 0. The molecule has 83 valence electrons. The molecule has 0 nitrogen and oxygen atoms in total. The number of rotatable bonds is 2. The standard InChI is InChI=1S/C15H20B/c1-11(15(2,3)4)16-14-9-12-7-5-6-8-13(12)10-14/h5-9,11H,10H2,1-4H3. The molecule has 1 radical (unpaired) electrons. The zero-order chi connectivity index (χ0) is 11.8. The molecular formula is C15H20B. The molecular weight excluding hydrogens is 191 g/mol. The van der Waals surface area contributed by atoms with Gasteiger partial charge in [0.05, 0.1) is 0 Å². The van der Waals surface area contributed by atoms with Crippen LogP contribution in [-0.4, -0.2) is 7.28 Å². The van der Waals surface area contributed by atoms with E-state index in [0.29, 0.717) is 11.2 Å². The van der Waals surface area contributed by atoms with E-state index in [1.54, 1.807) is 0 Å². The zero-order valence-corrected chi connectivity index (χ0v) is 10.7. The molecule has 0 aliphatic heterocycles. The maximum Gasteiger partial charge on any atom is 0.150 e. The third-order valence-corrected chi connectivity index (χ3v) is 3.62. The summed E-state index contributed by atoms with van der Waals surface area (Å²) in [5.41, 5.74) is 4.70. The molecule has 1 unspecified atom stereocenters. The Morgan fingerprint density at radius 1 is 1.19 bits per heavy atom. The first-order valence-electron chi connectivity index (χ1n) is 6.10. The van der Waals surface area contributed by atoms with Crippen LogP contribution < -0.4 is 0 Å². The van der Waals surface area contributed by atoms with Crippen LogP contribution in [0.15, 0.2) is 29.7 Å². The maximum absolute atomic E-state index is 2.43. The molecule has 0 heterocycles. The summed E-state index contributed by atoms with van der Waals surface area (Å²) in [6, 6.07) is 8.68. The normalized spacial score (nSPS) is 16.6. The van der Waals surface area contributed by atoms with Crippen molar-refractivity contribution in [3.05, 3.63) is 40.9 Å². The Morgan fingerprint density at radius 2 is 1.88 bits per heavy atom. The van der Waals surface area contributed by atoms with E-state index in [1.807, 2.05) is 0 Å². The topological polar surface area (TPSA) is 0 Å². The van der Waals surface area contributed by atoms with Gasteiger partial charge >= 0.3 is 0 Å². The smallest absolute Gasteiger partial charge is 0.104 e. The van der Waals surface area contributed by atoms with Crippen molar-refractivity contribution in [2.75, 3.05) is 0 Å². The lowest BCUT2D eigenvalue weighted by atomic mass is 9.51. The van der Waals surface area contributed by atoms with Gasteiger partial charge in [0.1, 0.15) is 7.28 Å². The fourth-order valence-corrected chi connectivity index (χ4v) is 1.98. The molecule has 1 aromatic rings. The van der Waals surface area contributed by atoms with E-state index in [-0.39, 0.29) is 0 Å². The first-order valence-corrected chi connectivity index (χ1v) is 6.10. The van der Waals surface area contributed by atoms with Gasteiger partial charge in [-0.2, -0.15) is 0 Å². The number of allylic oxidation sites excluding steroid dienone is 1. The highest BCUT2D eigenvalue weighted by atomic mass is 14.2. The molecule has 1 heteroatoms. The fraction of sp³-hybridized carbons (Fsp3) is 0.467. The summed E-state index contributed by atoms with van der Waals surface area (Å²) in [6.07, 6.45) is 3.44. The van der Waals surface area contributed by atoms with Crippen molar-refractivity contribution in [2.45, 2.75) is 39.9 Å². The van der Waals surface area contributed by atoms with E-state index in [2.05, 4.69) is 65.3 Å². The van der Waals surface area contributed by atoms with E-state index in [9.17, 15) is 0 Å².